The summed E-state index contributed by atoms with van der Waals surface area (Å²) in [5.41, 5.74) is 5.05. The first-order valence-electron chi connectivity index (χ1n) is 6.05. The lowest BCUT2D eigenvalue weighted by atomic mass is 9.88. The number of nitrogens with two attached hydrogens (primary N) is 1. The molecule has 2 fully saturated rings. The Morgan fingerprint density at radius 1 is 1.50 bits per heavy atom. The lowest BCUT2D eigenvalue weighted by Crippen LogP contribution is -2.62. The van der Waals surface area contributed by atoms with Crippen molar-refractivity contribution in [3.8, 4) is 0 Å². The molecule has 92 valence electrons. The maximum atomic E-state index is 11.8. The van der Waals surface area contributed by atoms with Gasteiger partial charge in [-0.15, -0.1) is 0 Å². The number of hydrogen-bond acceptors (Lipinski definition) is 4. The van der Waals surface area contributed by atoms with Crippen LogP contribution in [0.5, 0.6) is 0 Å². The van der Waals surface area contributed by atoms with Crippen molar-refractivity contribution in [3.63, 3.8) is 0 Å². The molecule has 0 spiro atoms. The van der Waals surface area contributed by atoms with Crippen LogP contribution in [0.15, 0.2) is 0 Å². The number of rotatable bonds is 2. The molecular weight excluding hydrogens is 206 g/mol. The van der Waals surface area contributed by atoms with Gasteiger partial charge >= 0.3 is 0 Å². The third-order valence-electron chi connectivity index (χ3n) is 3.85. The topological polar surface area (TPSA) is 67.6 Å². The SMILES string of the molecule is CC1OCCC1(C(N)=O)N1CCCNCC1. The van der Waals surface area contributed by atoms with Gasteiger partial charge < -0.3 is 15.8 Å². The van der Waals surface area contributed by atoms with E-state index in [0.29, 0.717) is 6.61 Å². The zero-order valence-corrected chi connectivity index (χ0v) is 9.87. The molecule has 0 aliphatic carbocycles. The van der Waals surface area contributed by atoms with E-state index in [2.05, 4.69) is 10.2 Å². The Balaban J connectivity index is 2.20. The molecule has 0 saturated carbocycles. The molecule has 5 heteroatoms. The summed E-state index contributed by atoms with van der Waals surface area (Å²) in [6.45, 7) is 6.31. The molecule has 0 bridgehead atoms. The van der Waals surface area contributed by atoms with Crippen LogP contribution in [0.1, 0.15) is 19.8 Å². The molecule has 2 saturated heterocycles. The minimum Gasteiger partial charge on any atom is -0.376 e. The van der Waals surface area contributed by atoms with Crippen LogP contribution in [-0.2, 0) is 9.53 Å². The smallest absolute Gasteiger partial charge is 0.240 e. The summed E-state index contributed by atoms with van der Waals surface area (Å²) in [7, 11) is 0. The molecule has 2 rings (SSSR count). The predicted octanol–water partition coefficient (Wildman–Crippen LogP) is -0.685. The number of primary amides is 1. The molecule has 1 amide bonds. The summed E-state index contributed by atoms with van der Waals surface area (Å²) >= 11 is 0. The molecule has 0 aromatic carbocycles. The Labute approximate surface area is 96.3 Å². The van der Waals surface area contributed by atoms with Crippen LogP contribution in [0.3, 0.4) is 0 Å². The number of hydrogen-bond donors (Lipinski definition) is 2. The summed E-state index contributed by atoms with van der Waals surface area (Å²) in [6.07, 6.45) is 1.69. The van der Waals surface area contributed by atoms with Crippen LogP contribution in [0.4, 0.5) is 0 Å². The fraction of sp³-hybridized carbons (Fsp3) is 0.909. The van der Waals surface area contributed by atoms with Gasteiger partial charge in [-0.3, -0.25) is 9.69 Å². The minimum absolute atomic E-state index is 0.0944. The average molecular weight is 227 g/mol. The summed E-state index contributed by atoms with van der Waals surface area (Å²) in [5.74, 6) is -0.237. The van der Waals surface area contributed by atoms with Crippen LogP contribution in [0, 0.1) is 0 Å². The second kappa shape index (κ2) is 4.69. The molecule has 2 unspecified atom stereocenters. The normalized spacial score (nSPS) is 37.2. The van der Waals surface area contributed by atoms with Crippen molar-refractivity contribution in [1.29, 1.82) is 0 Å². The molecule has 2 heterocycles. The van der Waals surface area contributed by atoms with Crippen molar-refractivity contribution in [2.45, 2.75) is 31.4 Å². The van der Waals surface area contributed by atoms with E-state index in [1.807, 2.05) is 6.92 Å². The molecule has 0 aromatic rings. The highest BCUT2D eigenvalue weighted by Gasteiger charge is 2.51. The van der Waals surface area contributed by atoms with Crippen molar-refractivity contribution in [1.82, 2.24) is 10.2 Å². The van der Waals surface area contributed by atoms with Gasteiger partial charge in [0.15, 0.2) is 0 Å². The monoisotopic (exact) mass is 227 g/mol. The summed E-state index contributed by atoms with van der Waals surface area (Å²) in [6, 6.07) is 0. The van der Waals surface area contributed by atoms with Gasteiger partial charge in [0.1, 0.15) is 5.54 Å². The largest absolute Gasteiger partial charge is 0.376 e. The number of nitrogens with one attached hydrogen (secondary N) is 1. The van der Waals surface area contributed by atoms with Gasteiger partial charge in [0.2, 0.25) is 5.91 Å². The van der Waals surface area contributed by atoms with Gasteiger partial charge in [0.05, 0.1) is 6.10 Å². The van der Waals surface area contributed by atoms with Gasteiger partial charge in [-0.05, 0) is 19.9 Å². The number of ether oxygens (including phenoxy) is 1. The van der Waals surface area contributed by atoms with Crippen molar-refractivity contribution >= 4 is 5.91 Å². The van der Waals surface area contributed by atoms with E-state index in [-0.39, 0.29) is 12.0 Å². The third-order valence-corrected chi connectivity index (χ3v) is 3.85. The highest BCUT2D eigenvalue weighted by molar-refractivity contribution is 5.85. The van der Waals surface area contributed by atoms with Crippen molar-refractivity contribution in [2.24, 2.45) is 5.73 Å². The predicted molar refractivity (Wildman–Crippen MR) is 61.0 cm³/mol. The molecule has 2 aliphatic rings. The molecule has 5 nitrogen and oxygen atoms in total. The Morgan fingerprint density at radius 3 is 2.94 bits per heavy atom. The van der Waals surface area contributed by atoms with Gasteiger partial charge in [-0.1, -0.05) is 0 Å². The number of carbonyl (C=O) groups excluding carboxylic acids is 1. The average Bonchev–Trinajstić information content (AvgIpc) is 2.51. The second-order valence-electron chi connectivity index (χ2n) is 4.64. The maximum absolute atomic E-state index is 11.8. The highest BCUT2D eigenvalue weighted by atomic mass is 16.5. The van der Waals surface area contributed by atoms with Gasteiger partial charge in [-0.25, -0.2) is 0 Å². The Morgan fingerprint density at radius 2 is 2.31 bits per heavy atom. The van der Waals surface area contributed by atoms with E-state index in [0.717, 1.165) is 39.0 Å². The lowest BCUT2D eigenvalue weighted by molar-refractivity contribution is -0.133. The summed E-state index contributed by atoms with van der Waals surface area (Å²) in [5, 5.41) is 3.34. The van der Waals surface area contributed by atoms with Crippen molar-refractivity contribution in [3.05, 3.63) is 0 Å². The Hall–Kier alpha value is -0.650. The van der Waals surface area contributed by atoms with Crippen LogP contribution in [0.2, 0.25) is 0 Å². The number of amides is 1. The fourth-order valence-corrected chi connectivity index (χ4v) is 2.87. The molecular formula is C11H21N3O2. The van der Waals surface area contributed by atoms with Gasteiger partial charge in [0, 0.05) is 32.7 Å². The van der Waals surface area contributed by atoms with Crippen LogP contribution < -0.4 is 11.1 Å². The number of carbonyl (C=O) groups is 1. The lowest BCUT2D eigenvalue weighted by Gasteiger charge is -2.39. The first kappa shape index (κ1) is 11.8. The van der Waals surface area contributed by atoms with E-state index in [4.69, 9.17) is 10.5 Å². The van der Waals surface area contributed by atoms with E-state index in [1.54, 1.807) is 0 Å². The standard InChI is InChI=1S/C11H21N3O2/c1-9-11(10(12)15,3-8-16-9)14-6-2-4-13-5-7-14/h9,13H,2-8H2,1H3,(H2,12,15). The Kier molecular flexibility index (Phi) is 3.47. The molecule has 3 N–H and O–H groups in total. The van der Waals surface area contributed by atoms with Gasteiger partial charge in [-0.2, -0.15) is 0 Å². The number of nitrogens with zero attached hydrogens (tertiary/aromatic N) is 1. The molecule has 16 heavy (non-hydrogen) atoms. The molecule has 2 atom stereocenters. The van der Waals surface area contributed by atoms with Crippen LogP contribution >= 0.6 is 0 Å². The first-order valence-corrected chi connectivity index (χ1v) is 6.05. The maximum Gasteiger partial charge on any atom is 0.240 e. The minimum atomic E-state index is -0.577. The molecule has 2 aliphatic heterocycles. The quantitative estimate of drug-likeness (QED) is 0.655. The fourth-order valence-electron chi connectivity index (χ4n) is 2.87. The van der Waals surface area contributed by atoms with Crippen molar-refractivity contribution < 1.29 is 9.53 Å². The summed E-state index contributed by atoms with van der Waals surface area (Å²) < 4.78 is 5.56. The van der Waals surface area contributed by atoms with Crippen LogP contribution in [-0.4, -0.2) is 55.2 Å². The second-order valence-corrected chi connectivity index (χ2v) is 4.64. The van der Waals surface area contributed by atoms with E-state index in [9.17, 15) is 4.79 Å². The van der Waals surface area contributed by atoms with Gasteiger partial charge in [0.25, 0.3) is 0 Å². The summed E-state index contributed by atoms with van der Waals surface area (Å²) in [4.78, 5) is 14.0. The molecule has 0 radical (unpaired) electrons. The zero-order chi connectivity index (χ0) is 11.6. The van der Waals surface area contributed by atoms with E-state index in [1.165, 1.54) is 0 Å². The van der Waals surface area contributed by atoms with E-state index >= 15 is 0 Å². The Bertz CT molecular complexity index is 264. The third kappa shape index (κ3) is 1.83. The molecule has 0 aromatic heterocycles. The first-order chi connectivity index (χ1) is 7.68. The van der Waals surface area contributed by atoms with Crippen molar-refractivity contribution in [2.75, 3.05) is 32.8 Å². The highest BCUT2D eigenvalue weighted by Crippen LogP contribution is 2.32. The zero-order valence-electron chi connectivity index (χ0n) is 9.87. The van der Waals surface area contributed by atoms with E-state index < -0.39 is 5.54 Å². The van der Waals surface area contributed by atoms with Crippen LogP contribution in [0.25, 0.3) is 0 Å².